The molecule has 132 valence electrons. The third-order valence-electron chi connectivity index (χ3n) is 4.16. The van der Waals surface area contributed by atoms with E-state index in [1.807, 2.05) is 23.6 Å². The van der Waals surface area contributed by atoms with Gasteiger partial charge in [-0.05, 0) is 43.1 Å². The molecule has 2 aromatic heterocycles. The smallest absolute Gasteiger partial charge is 0.236 e. The molecule has 7 heteroatoms. The fourth-order valence-corrected chi connectivity index (χ4v) is 3.19. The number of benzene rings is 1. The molecule has 5 nitrogen and oxygen atoms in total. The lowest BCUT2D eigenvalue weighted by Gasteiger charge is -2.20. The number of hydrazine groups is 1. The van der Waals surface area contributed by atoms with Gasteiger partial charge in [0, 0.05) is 11.9 Å². The second-order valence-electron chi connectivity index (χ2n) is 6.60. The molecule has 3 aromatic rings. The Labute approximate surface area is 149 Å². The molecule has 0 radical (unpaired) electrons. The largest absolute Gasteiger partial charge is 0.286 e. The average molecular weight is 359 g/mol. The van der Waals surface area contributed by atoms with E-state index in [1.165, 1.54) is 11.1 Å². The SMILES string of the molecule is Cc1ccn2c(CCC(C)C)c(N(N)c3c(F)cccc3P)nc2n1. The highest BCUT2D eigenvalue weighted by molar-refractivity contribution is 7.28. The summed E-state index contributed by atoms with van der Waals surface area (Å²) in [5, 5.41) is 2.01. The van der Waals surface area contributed by atoms with Crippen LogP contribution in [-0.4, -0.2) is 14.4 Å². The number of fused-ring (bicyclic) bond motifs is 1. The summed E-state index contributed by atoms with van der Waals surface area (Å²) in [5.41, 5.74) is 2.12. The summed E-state index contributed by atoms with van der Waals surface area (Å²) in [6.45, 7) is 6.26. The second-order valence-corrected chi connectivity index (χ2v) is 7.22. The monoisotopic (exact) mass is 359 g/mol. The van der Waals surface area contributed by atoms with Gasteiger partial charge >= 0.3 is 0 Å². The summed E-state index contributed by atoms with van der Waals surface area (Å²) in [6.07, 6.45) is 3.71. The van der Waals surface area contributed by atoms with Gasteiger partial charge in [0.25, 0.3) is 0 Å². The van der Waals surface area contributed by atoms with Crippen LogP contribution in [0.1, 0.15) is 31.7 Å². The fraction of sp³-hybridized carbons (Fsp3) is 0.333. The van der Waals surface area contributed by atoms with Crippen LogP contribution in [-0.2, 0) is 6.42 Å². The van der Waals surface area contributed by atoms with E-state index in [9.17, 15) is 4.39 Å². The molecule has 0 amide bonds. The summed E-state index contributed by atoms with van der Waals surface area (Å²) in [5.74, 6) is 7.57. The lowest BCUT2D eigenvalue weighted by molar-refractivity contribution is 0.579. The number of anilines is 2. The van der Waals surface area contributed by atoms with Gasteiger partial charge in [0.05, 0.1) is 5.69 Å². The molecule has 0 aliphatic heterocycles. The number of aryl methyl sites for hydroxylation is 2. The first-order valence-corrected chi connectivity index (χ1v) is 8.89. The summed E-state index contributed by atoms with van der Waals surface area (Å²) in [6, 6.07) is 6.79. The Balaban J connectivity index is 2.15. The Hall–Kier alpha value is -2.04. The number of nitrogens with zero attached hydrogens (tertiary/aromatic N) is 4. The van der Waals surface area contributed by atoms with Gasteiger partial charge in [0.2, 0.25) is 5.78 Å². The van der Waals surface area contributed by atoms with Crippen molar-refractivity contribution in [3.05, 3.63) is 47.7 Å². The standard InChI is InChI=1S/C18H23FN5P/c1-11(2)7-8-14-17(22-18-21-12(3)9-10-23(14)18)24(20)16-13(19)5-4-6-15(16)25/h4-6,9-11H,7-8,20,25H2,1-3H3. The number of halogens is 1. The van der Waals surface area contributed by atoms with Gasteiger partial charge < -0.3 is 0 Å². The molecule has 1 aromatic carbocycles. The number of nitrogens with two attached hydrogens (primary N) is 1. The highest BCUT2D eigenvalue weighted by Gasteiger charge is 2.22. The Kier molecular flexibility index (Phi) is 5.02. The van der Waals surface area contributed by atoms with Gasteiger partial charge in [-0.15, -0.1) is 9.24 Å². The van der Waals surface area contributed by atoms with Gasteiger partial charge in [-0.25, -0.2) is 15.2 Å². The van der Waals surface area contributed by atoms with Crippen LogP contribution < -0.4 is 16.2 Å². The number of hydrogen-bond acceptors (Lipinski definition) is 4. The lowest BCUT2D eigenvalue weighted by atomic mass is 10.1. The summed E-state index contributed by atoms with van der Waals surface area (Å²) < 4.78 is 16.3. The topological polar surface area (TPSA) is 59.5 Å². The van der Waals surface area contributed by atoms with Crippen molar-refractivity contribution >= 4 is 31.8 Å². The van der Waals surface area contributed by atoms with Crippen LogP contribution in [0.2, 0.25) is 0 Å². The molecule has 2 heterocycles. The first kappa shape index (κ1) is 17.8. The van der Waals surface area contributed by atoms with Crippen LogP contribution in [0.3, 0.4) is 0 Å². The minimum Gasteiger partial charge on any atom is -0.286 e. The molecule has 0 saturated heterocycles. The lowest BCUT2D eigenvalue weighted by Crippen LogP contribution is -2.30. The summed E-state index contributed by atoms with van der Waals surface area (Å²) in [4.78, 5) is 9.06. The first-order valence-electron chi connectivity index (χ1n) is 8.32. The third-order valence-corrected chi connectivity index (χ3v) is 4.62. The van der Waals surface area contributed by atoms with Crippen molar-refractivity contribution in [1.82, 2.24) is 14.4 Å². The van der Waals surface area contributed by atoms with Crippen LogP contribution in [0, 0.1) is 18.7 Å². The van der Waals surface area contributed by atoms with E-state index in [2.05, 4.69) is 33.1 Å². The highest BCUT2D eigenvalue weighted by atomic mass is 31.0. The quantitative estimate of drug-likeness (QED) is 0.431. The van der Waals surface area contributed by atoms with E-state index in [1.54, 1.807) is 12.1 Å². The predicted molar refractivity (Wildman–Crippen MR) is 103 cm³/mol. The maximum atomic E-state index is 14.4. The van der Waals surface area contributed by atoms with Crippen molar-refractivity contribution < 1.29 is 4.39 Å². The summed E-state index contributed by atoms with van der Waals surface area (Å²) >= 11 is 0. The minimum atomic E-state index is -0.383. The molecule has 1 unspecified atom stereocenters. The molecule has 0 bridgehead atoms. The number of imidazole rings is 1. The molecule has 0 saturated carbocycles. The molecule has 0 fully saturated rings. The Morgan fingerprint density at radius 3 is 2.72 bits per heavy atom. The number of rotatable bonds is 5. The van der Waals surface area contributed by atoms with Gasteiger partial charge in [-0.1, -0.05) is 26.0 Å². The zero-order chi connectivity index (χ0) is 18.1. The van der Waals surface area contributed by atoms with Crippen LogP contribution >= 0.6 is 9.24 Å². The maximum absolute atomic E-state index is 14.4. The Morgan fingerprint density at radius 1 is 1.28 bits per heavy atom. The molecule has 0 spiro atoms. The van der Waals surface area contributed by atoms with Crippen LogP contribution in [0.5, 0.6) is 0 Å². The maximum Gasteiger partial charge on any atom is 0.236 e. The third kappa shape index (κ3) is 3.51. The van der Waals surface area contributed by atoms with Crippen molar-refractivity contribution in [2.45, 2.75) is 33.6 Å². The second kappa shape index (κ2) is 7.06. The van der Waals surface area contributed by atoms with Crippen molar-refractivity contribution in [2.24, 2.45) is 11.8 Å². The van der Waals surface area contributed by atoms with E-state index in [-0.39, 0.29) is 5.82 Å². The highest BCUT2D eigenvalue weighted by Crippen LogP contribution is 2.29. The summed E-state index contributed by atoms with van der Waals surface area (Å²) in [7, 11) is 2.52. The van der Waals surface area contributed by atoms with Crippen LogP contribution in [0.4, 0.5) is 15.9 Å². The zero-order valence-corrected chi connectivity index (χ0v) is 15.9. The van der Waals surface area contributed by atoms with Gasteiger partial charge in [-0.2, -0.15) is 4.98 Å². The molecule has 3 rings (SSSR count). The Bertz CT molecular complexity index is 886. The fourth-order valence-electron chi connectivity index (χ4n) is 2.80. The number of para-hydroxylation sites is 1. The van der Waals surface area contributed by atoms with E-state index >= 15 is 0 Å². The van der Waals surface area contributed by atoms with E-state index < -0.39 is 0 Å². The van der Waals surface area contributed by atoms with E-state index in [0.29, 0.717) is 28.5 Å². The first-order chi connectivity index (χ1) is 11.9. The van der Waals surface area contributed by atoms with Gasteiger partial charge in [-0.3, -0.25) is 9.41 Å². The zero-order valence-electron chi connectivity index (χ0n) is 14.7. The molecule has 25 heavy (non-hydrogen) atoms. The van der Waals surface area contributed by atoms with Gasteiger partial charge in [0.15, 0.2) is 5.82 Å². The van der Waals surface area contributed by atoms with E-state index in [0.717, 1.165) is 24.2 Å². The Morgan fingerprint density at radius 2 is 2.04 bits per heavy atom. The minimum absolute atomic E-state index is 0.304. The molecular weight excluding hydrogens is 336 g/mol. The molecule has 0 aliphatic carbocycles. The van der Waals surface area contributed by atoms with Crippen LogP contribution in [0.15, 0.2) is 30.5 Å². The molecule has 1 atom stereocenters. The number of hydrogen-bond donors (Lipinski definition) is 1. The van der Waals surface area contributed by atoms with Crippen molar-refractivity contribution in [3.63, 3.8) is 0 Å². The normalized spacial score (nSPS) is 11.5. The van der Waals surface area contributed by atoms with Crippen molar-refractivity contribution in [1.29, 1.82) is 0 Å². The average Bonchev–Trinajstić information content (AvgIpc) is 2.90. The van der Waals surface area contributed by atoms with Crippen molar-refractivity contribution in [3.8, 4) is 0 Å². The van der Waals surface area contributed by atoms with Crippen LogP contribution in [0.25, 0.3) is 5.78 Å². The predicted octanol–water partition coefficient (Wildman–Crippen LogP) is 3.28. The van der Waals surface area contributed by atoms with Crippen molar-refractivity contribution in [2.75, 3.05) is 5.01 Å². The van der Waals surface area contributed by atoms with E-state index in [4.69, 9.17) is 5.84 Å². The molecule has 2 N–H and O–H groups in total. The molecule has 0 aliphatic rings. The number of aromatic nitrogens is 3. The van der Waals surface area contributed by atoms with Gasteiger partial charge in [0.1, 0.15) is 11.5 Å². The molecular formula is C18H23FN5P.